The third-order valence-electron chi connectivity index (χ3n) is 4.84. The van der Waals surface area contributed by atoms with Gasteiger partial charge in [-0.1, -0.05) is 43.3 Å². The molecule has 0 aliphatic heterocycles. The summed E-state index contributed by atoms with van der Waals surface area (Å²) in [5, 5.41) is 2.95. The maximum atomic E-state index is 13.0. The zero-order valence-corrected chi connectivity index (χ0v) is 17.8. The molecule has 0 fully saturated rings. The van der Waals surface area contributed by atoms with Crippen LogP contribution in [0.1, 0.15) is 24.1 Å². The molecule has 156 valence electrons. The van der Waals surface area contributed by atoms with Gasteiger partial charge in [-0.2, -0.15) is 0 Å². The Hall–Kier alpha value is -3.38. The molecule has 6 heteroatoms. The van der Waals surface area contributed by atoms with E-state index in [1.54, 1.807) is 25.4 Å². The number of nitrogens with one attached hydrogen (secondary N) is 1. The zero-order chi connectivity index (χ0) is 21.5. The summed E-state index contributed by atoms with van der Waals surface area (Å²) < 4.78 is 11.2. The minimum atomic E-state index is -0.385. The summed E-state index contributed by atoms with van der Waals surface area (Å²) in [6.45, 7) is 4.76. The predicted octanol–water partition coefficient (Wildman–Crippen LogP) is 4.82. The van der Waals surface area contributed by atoms with Gasteiger partial charge in [0.2, 0.25) is 11.8 Å². The second-order valence-corrected chi connectivity index (χ2v) is 7.02. The number of anilines is 1. The quantitative estimate of drug-likeness (QED) is 0.582. The fraction of sp³-hybridized carbons (Fsp3) is 0.250. The monoisotopic (exact) mass is 405 g/mol. The first-order valence-electron chi connectivity index (χ1n) is 9.86. The van der Waals surface area contributed by atoms with Gasteiger partial charge in [0.15, 0.2) is 11.5 Å². The number of aromatic nitrogens is 1. The van der Waals surface area contributed by atoms with Crippen LogP contribution in [0.5, 0.6) is 17.4 Å². The topological polar surface area (TPSA) is 63.7 Å². The highest BCUT2D eigenvalue weighted by atomic mass is 16.5. The number of methoxy groups -OCH3 is 1. The molecule has 0 radical (unpaired) electrons. The molecule has 2 aromatic carbocycles. The van der Waals surface area contributed by atoms with E-state index in [4.69, 9.17) is 9.47 Å². The average Bonchev–Trinajstić information content (AvgIpc) is 2.77. The Bertz CT molecular complexity index is 975. The third kappa shape index (κ3) is 5.15. The fourth-order valence-electron chi connectivity index (χ4n) is 3.12. The Morgan fingerprint density at radius 3 is 2.50 bits per heavy atom. The molecule has 1 N–H and O–H groups in total. The number of likely N-dealkylation sites (N-methyl/N-ethyl adjacent to an activating group) is 1. The van der Waals surface area contributed by atoms with Gasteiger partial charge in [0.05, 0.1) is 19.0 Å². The first-order chi connectivity index (χ1) is 14.5. The van der Waals surface area contributed by atoms with Crippen LogP contribution in [0.2, 0.25) is 0 Å². The number of carbonyl (C=O) groups excluding carboxylic acids is 1. The van der Waals surface area contributed by atoms with Crippen molar-refractivity contribution in [3.05, 3.63) is 78.0 Å². The second kappa shape index (κ2) is 9.89. The first-order valence-corrected chi connectivity index (χ1v) is 9.86. The largest absolute Gasteiger partial charge is 0.493 e. The SMILES string of the molecule is CCN(C)C(C(=O)Nc1ccc(Oc2ccc(C)cc2OC)nc1)c1ccccc1. The van der Waals surface area contributed by atoms with Crippen molar-refractivity contribution in [3.8, 4) is 17.4 Å². The van der Waals surface area contributed by atoms with Crippen molar-refractivity contribution in [1.29, 1.82) is 0 Å². The summed E-state index contributed by atoms with van der Waals surface area (Å²) in [5.74, 6) is 1.53. The first kappa shape index (κ1) is 21.3. The molecule has 1 amide bonds. The lowest BCUT2D eigenvalue weighted by Gasteiger charge is -2.26. The molecule has 3 rings (SSSR count). The number of hydrogen-bond donors (Lipinski definition) is 1. The molecule has 0 aliphatic rings. The van der Waals surface area contributed by atoms with Gasteiger partial charge in [-0.15, -0.1) is 0 Å². The zero-order valence-electron chi connectivity index (χ0n) is 17.8. The van der Waals surface area contributed by atoms with Crippen LogP contribution in [-0.2, 0) is 4.79 Å². The Morgan fingerprint density at radius 2 is 1.87 bits per heavy atom. The lowest BCUT2D eigenvalue weighted by molar-refractivity contribution is -0.121. The standard InChI is InChI=1S/C24H27N3O3/c1-5-27(3)23(18-9-7-6-8-10-18)24(28)26-19-12-14-22(25-16-19)30-20-13-11-17(2)15-21(20)29-4/h6-16,23H,5H2,1-4H3,(H,26,28). The maximum Gasteiger partial charge on any atom is 0.246 e. The molecular formula is C24H27N3O3. The van der Waals surface area contributed by atoms with Crippen LogP contribution in [0.25, 0.3) is 0 Å². The van der Waals surface area contributed by atoms with E-state index in [-0.39, 0.29) is 11.9 Å². The molecular weight excluding hydrogens is 378 g/mol. The van der Waals surface area contributed by atoms with Crippen molar-refractivity contribution in [1.82, 2.24) is 9.88 Å². The molecule has 3 aromatic rings. The number of hydrogen-bond acceptors (Lipinski definition) is 5. The minimum absolute atomic E-state index is 0.110. The predicted molar refractivity (Wildman–Crippen MR) is 118 cm³/mol. The number of pyridine rings is 1. The number of ether oxygens (including phenoxy) is 2. The Kier molecular flexibility index (Phi) is 7.03. The summed E-state index contributed by atoms with van der Waals surface area (Å²) in [4.78, 5) is 19.3. The lowest BCUT2D eigenvalue weighted by atomic mass is 10.0. The highest BCUT2D eigenvalue weighted by Gasteiger charge is 2.24. The molecule has 1 unspecified atom stereocenters. The van der Waals surface area contributed by atoms with Gasteiger partial charge < -0.3 is 14.8 Å². The molecule has 0 aliphatic carbocycles. The van der Waals surface area contributed by atoms with E-state index in [1.165, 1.54) is 0 Å². The van der Waals surface area contributed by atoms with E-state index >= 15 is 0 Å². The van der Waals surface area contributed by atoms with E-state index in [9.17, 15) is 4.79 Å². The van der Waals surface area contributed by atoms with Crippen LogP contribution in [-0.4, -0.2) is 36.5 Å². The van der Waals surface area contributed by atoms with E-state index < -0.39 is 0 Å². The van der Waals surface area contributed by atoms with Crippen LogP contribution in [0.3, 0.4) is 0 Å². The fourth-order valence-corrected chi connectivity index (χ4v) is 3.12. The van der Waals surface area contributed by atoms with Gasteiger partial charge in [0.25, 0.3) is 0 Å². The van der Waals surface area contributed by atoms with Gasteiger partial charge in [0, 0.05) is 6.07 Å². The van der Waals surface area contributed by atoms with E-state index in [0.717, 1.165) is 17.7 Å². The molecule has 0 saturated heterocycles. The van der Waals surface area contributed by atoms with Gasteiger partial charge >= 0.3 is 0 Å². The Labute approximate surface area is 177 Å². The van der Waals surface area contributed by atoms with Crippen molar-refractivity contribution in [2.75, 3.05) is 26.0 Å². The molecule has 0 bridgehead atoms. The van der Waals surface area contributed by atoms with Gasteiger partial charge in [-0.3, -0.25) is 9.69 Å². The third-order valence-corrected chi connectivity index (χ3v) is 4.84. The second-order valence-electron chi connectivity index (χ2n) is 7.02. The Morgan fingerprint density at radius 1 is 1.10 bits per heavy atom. The van der Waals surface area contributed by atoms with Gasteiger partial charge in [-0.25, -0.2) is 4.98 Å². The summed E-state index contributed by atoms with van der Waals surface area (Å²) >= 11 is 0. The Balaban J connectivity index is 1.72. The van der Waals surface area contributed by atoms with Crippen LogP contribution in [0.4, 0.5) is 5.69 Å². The summed E-state index contributed by atoms with van der Waals surface area (Å²) in [6, 6.07) is 18.5. The van der Waals surface area contributed by atoms with Crippen molar-refractivity contribution >= 4 is 11.6 Å². The number of nitrogens with zero attached hydrogens (tertiary/aromatic N) is 2. The molecule has 0 saturated carbocycles. The highest BCUT2D eigenvalue weighted by molar-refractivity contribution is 5.95. The molecule has 0 spiro atoms. The van der Waals surface area contributed by atoms with Gasteiger partial charge in [-0.05, 0) is 49.8 Å². The number of rotatable bonds is 8. The minimum Gasteiger partial charge on any atom is -0.493 e. The van der Waals surface area contributed by atoms with Crippen LogP contribution in [0.15, 0.2) is 66.9 Å². The van der Waals surface area contributed by atoms with Crippen molar-refractivity contribution < 1.29 is 14.3 Å². The average molecular weight is 405 g/mol. The summed E-state index contributed by atoms with van der Waals surface area (Å²) in [6.07, 6.45) is 1.59. The van der Waals surface area contributed by atoms with Crippen LogP contribution < -0.4 is 14.8 Å². The number of benzene rings is 2. The molecule has 1 atom stereocenters. The normalized spacial score (nSPS) is 11.8. The molecule has 1 aromatic heterocycles. The summed E-state index contributed by atoms with van der Waals surface area (Å²) in [5.41, 5.74) is 2.63. The van der Waals surface area contributed by atoms with Crippen LogP contribution >= 0.6 is 0 Å². The van der Waals surface area contributed by atoms with Crippen molar-refractivity contribution in [3.63, 3.8) is 0 Å². The molecule has 1 heterocycles. The highest BCUT2D eigenvalue weighted by Crippen LogP contribution is 2.31. The lowest BCUT2D eigenvalue weighted by Crippen LogP contribution is -2.34. The number of carbonyl (C=O) groups is 1. The van der Waals surface area contributed by atoms with Crippen molar-refractivity contribution in [2.45, 2.75) is 19.9 Å². The smallest absolute Gasteiger partial charge is 0.246 e. The maximum absolute atomic E-state index is 13.0. The summed E-state index contributed by atoms with van der Waals surface area (Å²) in [7, 11) is 3.53. The van der Waals surface area contributed by atoms with E-state index in [2.05, 4.69) is 10.3 Å². The molecule has 6 nitrogen and oxygen atoms in total. The molecule has 30 heavy (non-hydrogen) atoms. The van der Waals surface area contributed by atoms with Crippen LogP contribution in [0, 0.1) is 6.92 Å². The van der Waals surface area contributed by atoms with Gasteiger partial charge in [0.1, 0.15) is 6.04 Å². The van der Waals surface area contributed by atoms with E-state index in [0.29, 0.717) is 23.1 Å². The van der Waals surface area contributed by atoms with E-state index in [1.807, 2.05) is 74.3 Å². The number of amides is 1. The number of aryl methyl sites for hydroxylation is 1. The van der Waals surface area contributed by atoms with Crippen molar-refractivity contribution in [2.24, 2.45) is 0 Å².